The van der Waals surface area contributed by atoms with Gasteiger partial charge in [-0.15, -0.1) is 0 Å². The summed E-state index contributed by atoms with van der Waals surface area (Å²) in [6.45, 7) is 2.21. The Bertz CT molecular complexity index is 206. The molecule has 2 aliphatic heterocycles. The number of carbonyl (C=O) groups excluding carboxylic acids is 1. The zero-order valence-corrected chi connectivity index (χ0v) is 6.37. The lowest BCUT2D eigenvalue weighted by Gasteiger charge is -2.14. The molecule has 3 nitrogen and oxygen atoms in total. The Hall–Kier alpha value is -0.505. The lowest BCUT2D eigenvalue weighted by molar-refractivity contribution is -0.145. The topological polar surface area (TPSA) is 35.5 Å². The van der Waals surface area contributed by atoms with Gasteiger partial charge in [-0.3, -0.25) is 4.79 Å². The summed E-state index contributed by atoms with van der Waals surface area (Å²) >= 11 is 0. The van der Waals surface area contributed by atoms with Crippen molar-refractivity contribution in [2.45, 2.75) is 25.5 Å². The van der Waals surface area contributed by atoms with Gasteiger partial charge in [0.1, 0.15) is 20.6 Å². The fourth-order valence-electron chi connectivity index (χ4n) is 1.71. The standard InChI is InChI=1S/C7H9BO3/c1-7-2-5(8)11-4(7)3-10-6(7)9/h4-5H,2-3H2,1H3/t4-,5+,7?/m0/s1. The van der Waals surface area contributed by atoms with Crippen LogP contribution >= 0.6 is 0 Å². The maximum Gasteiger partial charge on any atom is 0.314 e. The minimum absolute atomic E-state index is 0.120. The first-order chi connectivity index (χ1) is 5.13. The molecular weight excluding hydrogens is 143 g/mol. The average molecular weight is 152 g/mol. The van der Waals surface area contributed by atoms with Crippen molar-refractivity contribution in [2.75, 3.05) is 6.61 Å². The Balaban J connectivity index is 2.26. The van der Waals surface area contributed by atoms with E-state index >= 15 is 0 Å². The number of cyclic esters (lactones) is 1. The van der Waals surface area contributed by atoms with Crippen LogP contribution in [0.1, 0.15) is 13.3 Å². The van der Waals surface area contributed by atoms with Crippen LogP contribution in [0.5, 0.6) is 0 Å². The normalized spacial score (nSPS) is 49.0. The van der Waals surface area contributed by atoms with Gasteiger partial charge in [-0.2, -0.15) is 0 Å². The van der Waals surface area contributed by atoms with Crippen LogP contribution in [0.4, 0.5) is 0 Å². The summed E-state index contributed by atoms with van der Waals surface area (Å²) in [6.07, 6.45) is 0.459. The minimum atomic E-state index is -0.473. The van der Waals surface area contributed by atoms with E-state index in [0.717, 1.165) is 0 Å². The van der Waals surface area contributed by atoms with Gasteiger partial charge in [0.2, 0.25) is 0 Å². The van der Waals surface area contributed by atoms with Crippen molar-refractivity contribution in [2.24, 2.45) is 5.41 Å². The molecule has 2 aliphatic rings. The molecule has 0 N–H and O–H groups in total. The van der Waals surface area contributed by atoms with Crippen molar-refractivity contribution in [3.63, 3.8) is 0 Å². The van der Waals surface area contributed by atoms with E-state index in [1.165, 1.54) is 0 Å². The molecule has 0 aromatic carbocycles. The molecule has 11 heavy (non-hydrogen) atoms. The highest BCUT2D eigenvalue weighted by atomic mass is 16.6. The first kappa shape index (κ1) is 7.16. The summed E-state index contributed by atoms with van der Waals surface area (Å²) in [5.41, 5.74) is -0.473. The number of rotatable bonds is 0. The number of hydrogen-bond acceptors (Lipinski definition) is 3. The Kier molecular flexibility index (Phi) is 1.30. The first-order valence-corrected chi connectivity index (χ1v) is 3.71. The van der Waals surface area contributed by atoms with Gasteiger partial charge in [0.15, 0.2) is 0 Å². The van der Waals surface area contributed by atoms with Crippen molar-refractivity contribution in [1.29, 1.82) is 0 Å². The Morgan fingerprint density at radius 2 is 2.45 bits per heavy atom. The van der Waals surface area contributed by atoms with Gasteiger partial charge < -0.3 is 9.47 Å². The summed E-state index contributed by atoms with van der Waals surface area (Å²) in [7, 11) is 5.54. The monoisotopic (exact) mass is 152 g/mol. The van der Waals surface area contributed by atoms with Crippen LogP contribution in [0.3, 0.4) is 0 Å². The third-order valence-electron chi connectivity index (χ3n) is 2.51. The van der Waals surface area contributed by atoms with E-state index in [1.807, 2.05) is 6.92 Å². The smallest absolute Gasteiger partial charge is 0.314 e. The van der Waals surface area contributed by atoms with Gasteiger partial charge in [-0.1, -0.05) is 0 Å². The predicted octanol–water partition coefficient (Wildman–Crippen LogP) is -0.167. The largest absolute Gasteiger partial charge is 0.462 e. The molecule has 0 aliphatic carbocycles. The van der Waals surface area contributed by atoms with E-state index in [-0.39, 0.29) is 18.1 Å². The van der Waals surface area contributed by atoms with E-state index in [9.17, 15) is 4.79 Å². The van der Waals surface area contributed by atoms with Crippen LogP contribution in [0.25, 0.3) is 0 Å². The highest BCUT2D eigenvalue weighted by Gasteiger charge is 2.54. The van der Waals surface area contributed by atoms with E-state index in [4.69, 9.17) is 17.3 Å². The van der Waals surface area contributed by atoms with Gasteiger partial charge in [-0.25, -0.2) is 0 Å². The van der Waals surface area contributed by atoms with Crippen LogP contribution in [0.15, 0.2) is 0 Å². The Morgan fingerprint density at radius 1 is 1.73 bits per heavy atom. The summed E-state index contributed by atoms with van der Waals surface area (Å²) in [5, 5.41) is 0. The third-order valence-corrected chi connectivity index (χ3v) is 2.51. The summed E-state index contributed by atoms with van der Waals surface area (Å²) in [4.78, 5) is 11.2. The average Bonchev–Trinajstić information content (AvgIpc) is 2.32. The summed E-state index contributed by atoms with van der Waals surface area (Å²) in [5.74, 6) is -0.171. The van der Waals surface area contributed by atoms with Gasteiger partial charge in [0.25, 0.3) is 0 Å². The van der Waals surface area contributed by atoms with Crippen LogP contribution in [0.2, 0.25) is 0 Å². The zero-order valence-electron chi connectivity index (χ0n) is 6.37. The summed E-state index contributed by atoms with van der Waals surface area (Å²) < 4.78 is 10.1. The summed E-state index contributed by atoms with van der Waals surface area (Å²) in [6, 6.07) is -0.294. The molecule has 2 rings (SSSR count). The Labute approximate surface area is 66.5 Å². The number of carbonyl (C=O) groups is 1. The van der Waals surface area contributed by atoms with Gasteiger partial charge in [0.05, 0.1) is 5.41 Å². The molecule has 0 saturated carbocycles. The molecule has 0 aromatic rings. The highest BCUT2D eigenvalue weighted by Crippen LogP contribution is 2.42. The second-order valence-corrected chi connectivity index (χ2v) is 3.38. The molecule has 0 spiro atoms. The van der Waals surface area contributed by atoms with Crippen molar-refractivity contribution in [3.05, 3.63) is 0 Å². The lowest BCUT2D eigenvalue weighted by atomic mass is 9.80. The number of fused-ring (bicyclic) bond motifs is 1. The lowest BCUT2D eigenvalue weighted by Crippen LogP contribution is -2.28. The van der Waals surface area contributed by atoms with Crippen LogP contribution in [-0.4, -0.2) is 32.5 Å². The van der Waals surface area contributed by atoms with Crippen molar-refractivity contribution in [1.82, 2.24) is 0 Å². The molecule has 4 heteroatoms. The van der Waals surface area contributed by atoms with Crippen molar-refractivity contribution in [3.8, 4) is 0 Å². The van der Waals surface area contributed by atoms with Gasteiger partial charge >= 0.3 is 5.97 Å². The molecule has 1 unspecified atom stereocenters. The fourth-order valence-corrected chi connectivity index (χ4v) is 1.71. The van der Waals surface area contributed by atoms with Crippen LogP contribution in [-0.2, 0) is 14.3 Å². The molecule has 0 bridgehead atoms. The number of hydrogen-bond donors (Lipinski definition) is 0. The van der Waals surface area contributed by atoms with Crippen molar-refractivity contribution < 1.29 is 14.3 Å². The molecule has 2 heterocycles. The van der Waals surface area contributed by atoms with E-state index in [2.05, 4.69) is 0 Å². The number of ether oxygens (including phenoxy) is 2. The fraction of sp³-hybridized carbons (Fsp3) is 0.857. The van der Waals surface area contributed by atoms with Crippen LogP contribution < -0.4 is 0 Å². The minimum Gasteiger partial charge on any atom is -0.462 e. The van der Waals surface area contributed by atoms with E-state index < -0.39 is 5.41 Å². The van der Waals surface area contributed by atoms with Gasteiger partial charge in [-0.05, 0) is 13.3 Å². The SMILES string of the molecule is [B][C@H]1CC2(C)C(=O)OC[C@@H]2O1. The molecule has 0 aromatic heterocycles. The molecular formula is C7H9BO3. The second kappa shape index (κ2) is 2.00. The van der Waals surface area contributed by atoms with Gasteiger partial charge in [0, 0.05) is 6.00 Å². The highest BCUT2D eigenvalue weighted by molar-refractivity contribution is 6.11. The Morgan fingerprint density at radius 3 is 3.09 bits per heavy atom. The maximum atomic E-state index is 11.2. The molecule has 58 valence electrons. The zero-order chi connectivity index (χ0) is 8.06. The predicted molar refractivity (Wildman–Crippen MR) is 38.1 cm³/mol. The maximum absolute atomic E-state index is 11.2. The molecule has 2 radical (unpaired) electrons. The molecule has 2 fully saturated rings. The van der Waals surface area contributed by atoms with Crippen LogP contribution in [0, 0.1) is 5.41 Å². The van der Waals surface area contributed by atoms with E-state index in [0.29, 0.717) is 13.0 Å². The third kappa shape index (κ3) is 0.821. The van der Waals surface area contributed by atoms with E-state index in [1.54, 1.807) is 0 Å². The molecule has 0 amide bonds. The molecule has 3 atom stereocenters. The number of esters is 1. The quantitative estimate of drug-likeness (QED) is 0.357. The second-order valence-electron chi connectivity index (χ2n) is 3.38. The molecule has 2 saturated heterocycles. The van der Waals surface area contributed by atoms with Crippen molar-refractivity contribution >= 4 is 13.8 Å². The first-order valence-electron chi connectivity index (χ1n) is 3.71.